The number of anilines is 2. The van der Waals surface area contributed by atoms with Crippen LogP contribution in [-0.4, -0.2) is 61.3 Å². The highest BCUT2D eigenvalue weighted by atomic mass is 35.5. The minimum absolute atomic E-state index is 0.0261. The number of ether oxygens (including phenoxy) is 3. The molecule has 36 heavy (non-hydrogen) atoms. The molecule has 0 amide bonds. The van der Waals surface area contributed by atoms with Crippen molar-refractivity contribution < 1.29 is 23.4 Å². The Hall–Kier alpha value is -3.17. The zero-order valence-corrected chi connectivity index (χ0v) is 21.2. The first-order valence-electron chi connectivity index (χ1n) is 11.9. The van der Waals surface area contributed by atoms with Crippen molar-refractivity contribution in [1.82, 2.24) is 14.9 Å². The standard InChI is InChI=1S/C26H30ClFN4O4/c1-34-23-14-22-19(26(30-16-29-22)31-18-5-6-21(28)20(27)12-18)13-24(23)36-11-3-4-17-7-9-32(10-8-17)15-25(33)35-2/h5-6,12-14,16-17H,3-4,7-11,15H2,1-2H3,(H,29,30,31). The second kappa shape index (κ2) is 12.2. The fourth-order valence-corrected chi connectivity index (χ4v) is 4.56. The van der Waals surface area contributed by atoms with Crippen molar-refractivity contribution >= 4 is 40.0 Å². The SMILES string of the molecule is COC(=O)CN1CCC(CCCOc2cc3c(Nc4ccc(F)c(Cl)c4)ncnc3cc2OC)CC1. The van der Waals surface area contributed by atoms with Crippen LogP contribution in [0.25, 0.3) is 10.9 Å². The van der Waals surface area contributed by atoms with Gasteiger partial charge in [0.15, 0.2) is 11.5 Å². The summed E-state index contributed by atoms with van der Waals surface area (Å²) < 4.78 is 29.9. The third kappa shape index (κ3) is 6.53. The minimum atomic E-state index is -0.484. The summed E-state index contributed by atoms with van der Waals surface area (Å²) in [6, 6.07) is 8.06. The second-order valence-corrected chi connectivity index (χ2v) is 9.19. The molecule has 1 saturated heterocycles. The Kier molecular flexibility index (Phi) is 8.77. The van der Waals surface area contributed by atoms with Crippen LogP contribution in [-0.2, 0) is 9.53 Å². The molecule has 3 aromatic rings. The predicted molar refractivity (Wildman–Crippen MR) is 137 cm³/mol. The summed E-state index contributed by atoms with van der Waals surface area (Å²) in [6.45, 7) is 2.74. The topological polar surface area (TPSA) is 85.8 Å². The van der Waals surface area contributed by atoms with Gasteiger partial charge in [-0.3, -0.25) is 9.69 Å². The highest BCUT2D eigenvalue weighted by molar-refractivity contribution is 6.31. The monoisotopic (exact) mass is 516 g/mol. The molecule has 8 nitrogen and oxygen atoms in total. The van der Waals surface area contributed by atoms with Crippen molar-refractivity contribution in [2.45, 2.75) is 25.7 Å². The number of nitrogens with one attached hydrogen (secondary N) is 1. The average molecular weight is 517 g/mol. The molecule has 1 aliphatic rings. The lowest BCUT2D eigenvalue weighted by Gasteiger charge is -2.31. The summed E-state index contributed by atoms with van der Waals surface area (Å²) in [7, 11) is 3.02. The van der Waals surface area contributed by atoms with E-state index in [9.17, 15) is 9.18 Å². The van der Waals surface area contributed by atoms with Gasteiger partial charge in [0.05, 0.1) is 37.9 Å². The molecule has 2 heterocycles. The van der Waals surface area contributed by atoms with E-state index in [0.29, 0.717) is 47.6 Å². The Bertz CT molecular complexity index is 1200. The Morgan fingerprint density at radius 2 is 1.97 bits per heavy atom. The number of esters is 1. The molecule has 0 spiro atoms. The first-order chi connectivity index (χ1) is 17.5. The molecule has 1 aliphatic heterocycles. The van der Waals surface area contributed by atoms with Crippen molar-refractivity contribution in [3.05, 3.63) is 47.5 Å². The van der Waals surface area contributed by atoms with Gasteiger partial charge in [0, 0.05) is 17.1 Å². The average Bonchev–Trinajstić information content (AvgIpc) is 2.89. The van der Waals surface area contributed by atoms with E-state index in [4.69, 9.17) is 25.8 Å². The highest BCUT2D eigenvalue weighted by Gasteiger charge is 2.21. The van der Waals surface area contributed by atoms with E-state index in [1.165, 1.54) is 25.6 Å². The molecule has 0 radical (unpaired) electrons. The van der Waals surface area contributed by atoms with Crippen LogP contribution >= 0.6 is 11.6 Å². The Labute approximate surface area is 214 Å². The Morgan fingerprint density at radius 1 is 1.17 bits per heavy atom. The van der Waals surface area contributed by atoms with Crippen LogP contribution in [0.3, 0.4) is 0 Å². The third-order valence-corrected chi connectivity index (χ3v) is 6.69. The molecule has 192 valence electrons. The summed E-state index contributed by atoms with van der Waals surface area (Å²) in [5.41, 5.74) is 1.29. The molecule has 0 atom stereocenters. The molecule has 10 heteroatoms. The molecule has 1 N–H and O–H groups in total. The van der Waals surface area contributed by atoms with E-state index in [2.05, 4.69) is 20.2 Å². The van der Waals surface area contributed by atoms with E-state index < -0.39 is 5.82 Å². The van der Waals surface area contributed by atoms with E-state index >= 15 is 0 Å². The molecule has 0 saturated carbocycles. The summed E-state index contributed by atoms with van der Waals surface area (Å²) in [5, 5.41) is 3.95. The van der Waals surface area contributed by atoms with E-state index in [1.54, 1.807) is 13.2 Å². The number of fused-ring (bicyclic) bond motifs is 1. The zero-order chi connectivity index (χ0) is 25.5. The van der Waals surface area contributed by atoms with Crippen molar-refractivity contribution in [2.75, 3.05) is 45.8 Å². The normalized spacial score (nSPS) is 14.6. The maximum atomic E-state index is 13.5. The zero-order valence-electron chi connectivity index (χ0n) is 20.4. The van der Waals surface area contributed by atoms with Gasteiger partial charge in [-0.2, -0.15) is 0 Å². The van der Waals surface area contributed by atoms with Gasteiger partial charge >= 0.3 is 5.97 Å². The number of carbonyl (C=O) groups is 1. The van der Waals surface area contributed by atoms with Gasteiger partial charge in [-0.25, -0.2) is 14.4 Å². The maximum absolute atomic E-state index is 13.5. The fraction of sp³-hybridized carbons (Fsp3) is 0.423. The first-order valence-corrected chi connectivity index (χ1v) is 12.3. The Balaban J connectivity index is 1.37. The molecular weight excluding hydrogens is 487 g/mol. The van der Waals surface area contributed by atoms with Gasteiger partial charge in [0.25, 0.3) is 0 Å². The maximum Gasteiger partial charge on any atom is 0.319 e. The number of methoxy groups -OCH3 is 2. The quantitative estimate of drug-likeness (QED) is 0.290. The molecule has 1 fully saturated rings. The molecule has 1 aromatic heterocycles. The largest absolute Gasteiger partial charge is 0.493 e. The lowest BCUT2D eigenvalue weighted by atomic mass is 9.92. The number of piperidine rings is 1. The Morgan fingerprint density at radius 3 is 2.69 bits per heavy atom. The third-order valence-electron chi connectivity index (χ3n) is 6.40. The van der Waals surface area contributed by atoms with Gasteiger partial charge in [-0.1, -0.05) is 11.6 Å². The summed E-state index contributed by atoms with van der Waals surface area (Å²) >= 11 is 5.92. The minimum Gasteiger partial charge on any atom is -0.493 e. The van der Waals surface area contributed by atoms with Crippen molar-refractivity contribution in [1.29, 1.82) is 0 Å². The van der Waals surface area contributed by atoms with Crippen LogP contribution in [0.5, 0.6) is 11.5 Å². The van der Waals surface area contributed by atoms with Crippen LogP contribution < -0.4 is 14.8 Å². The van der Waals surface area contributed by atoms with E-state index in [1.807, 2.05) is 12.1 Å². The fourth-order valence-electron chi connectivity index (χ4n) is 4.38. The van der Waals surface area contributed by atoms with Gasteiger partial charge in [0.2, 0.25) is 0 Å². The van der Waals surface area contributed by atoms with E-state index in [0.717, 1.165) is 44.2 Å². The lowest BCUT2D eigenvalue weighted by molar-refractivity contribution is -0.142. The number of benzene rings is 2. The summed E-state index contributed by atoms with van der Waals surface area (Å²) in [4.78, 5) is 22.3. The molecular formula is C26H30ClFN4O4. The predicted octanol–water partition coefficient (Wildman–Crippen LogP) is 5.22. The summed E-state index contributed by atoms with van der Waals surface area (Å²) in [5.74, 6) is 1.70. The smallest absolute Gasteiger partial charge is 0.319 e. The van der Waals surface area contributed by atoms with Crippen LogP contribution in [0.2, 0.25) is 5.02 Å². The number of carbonyl (C=O) groups excluding carboxylic acids is 1. The molecule has 0 unspecified atom stereocenters. The van der Waals surface area contributed by atoms with Crippen molar-refractivity contribution in [3.63, 3.8) is 0 Å². The first kappa shape index (κ1) is 25.9. The van der Waals surface area contributed by atoms with Gasteiger partial charge in [0.1, 0.15) is 18.0 Å². The number of hydrogen-bond acceptors (Lipinski definition) is 8. The summed E-state index contributed by atoms with van der Waals surface area (Å²) in [6.07, 6.45) is 5.55. The highest BCUT2D eigenvalue weighted by Crippen LogP contribution is 2.35. The lowest BCUT2D eigenvalue weighted by Crippen LogP contribution is -2.37. The number of nitrogens with zero attached hydrogens (tertiary/aromatic N) is 3. The van der Waals surface area contributed by atoms with Gasteiger partial charge in [-0.05, 0) is 69.0 Å². The van der Waals surface area contributed by atoms with Crippen LogP contribution in [0.15, 0.2) is 36.7 Å². The van der Waals surface area contributed by atoms with Crippen molar-refractivity contribution in [2.24, 2.45) is 5.92 Å². The molecule has 0 aliphatic carbocycles. The number of aromatic nitrogens is 2. The number of rotatable bonds is 10. The molecule has 2 aromatic carbocycles. The van der Waals surface area contributed by atoms with Gasteiger partial charge < -0.3 is 19.5 Å². The number of halogens is 2. The number of likely N-dealkylation sites (tertiary alicyclic amines) is 1. The van der Waals surface area contributed by atoms with Gasteiger partial charge in [-0.15, -0.1) is 0 Å². The van der Waals surface area contributed by atoms with Crippen LogP contribution in [0.4, 0.5) is 15.9 Å². The second-order valence-electron chi connectivity index (χ2n) is 8.78. The number of hydrogen-bond donors (Lipinski definition) is 1. The molecule has 0 bridgehead atoms. The van der Waals surface area contributed by atoms with Crippen LogP contribution in [0, 0.1) is 11.7 Å². The van der Waals surface area contributed by atoms with Crippen LogP contribution in [0.1, 0.15) is 25.7 Å². The van der Waals surface area contributed by atoms with E-state index in [-0.39, 0.29) is 11.0 Å². The molecule has 4 rings (SSSR count). The van der Waals surface area contributed by atoms with Crippen molar-refractivity contribution in [3.8, 4) is 11.5 Å².